The van der Waals surface area contributed by atoms with Crippen LogP contribution in [0.25, 0.3) is 0 Å². The van der Waals surface area contributed by atoms with Gasteiger partial charge in [0.1, 0.15) is 17.6 Å². The van der Waals surface area contributed by atoms with E-state index in [0.717, 1.165) is 12.3 Å². The Balaban J connectivity index is -0.000000368. The van der Waals surface area contributed by atoms with Crippen molar-refractivity contribution in [2.45, 2.75) is 51.9 Å². The Labute approximate surface area is 391 Å². The van der Waals surface area contributed by atoms with E-state index in [1.807, 2.05) is 4.40 Å². The van der Waals surface area contributed by atoms with E-state index in [0.29, 0.717) is 16.7 Å². The van der Waals surface area contributed by atoms with E-state index in [9.17, 15) is 90.0 Å². The van der Waals surface area contributed by atoms with Crippen LogP contribution < -0.4 is 47.2 Å². The van der Waals surface area contributed by atoms with Gasteiger partial charge in [-0.3, -0.25) is 43.5 Å². The molecule has 9 N–H and O–H groups in total. The molecule has 0 saturated carbocycles. The predicted molar refractivity (Wildman–Crippen MR) is 231 cm³/mol. The minimum atomic E-state index is -6.12. The van der Waals surface area contributed by atoms with Crippen LogP contribution in [0.2, 0.25) is 0 Å². The Morgan fingerprint density at radius 1 is 0.800 bits per heavy atom. The van der Waals surface area contributed by atoms with Crippen LogP contribution in [0.15, 0.2) is 58.9 Å². The maximum atomic E-state index is 11.8. The molecule has 0 bridgehead atoms. The molecule has 0 radical (unpaired) electrons. The first-order valence-electron chi connectivity index (χ1n) is 17.6. The van der Waals surface area contributed by atoms with Gasteiger partial charge in [0.15, 0.2) is 17.2 Å². The van der Waals surface area contributed by atoms with Crippen molar-refractivity contribution < 1.29 is 101 Å². The molecule has 1 aliphatic heterocycles. The standard InChI is InChI=1S/C6H7NO2.C5H5NO3.C5H6O4.C5H4O3.C4H4F6N2O4S2.C3H7NO2.C3H7NO.C2H7NO2S/c1-7-3-2-5(8)6(9)4-7;1-6-2-3(7)5(9)4(2)8;1-3-8-4(6)2-5(7)9-3;1-2-3(6)5(8)4(2)7;1-2(11-17(13,14)3(5,6)7)12-18(15,16)4(8,9)10;1-3(5)4(2)6;1-3(5)4-2;1-3-6(2,4)5/h2-4,9H,1H3;6-7H,1H3;2-3,6H,1H3;6H,1H3;1H3,(H,11,12);6H,1-2H3;1-2H3,(H,4,5);3H,1-2H3. The summed E-state index contributed by atoms with van der Waals surface area (Å²) in [5, 5.41) is 47.8. The van der Waals surface area contributed by atoms with Gasteiger partial charge in [-0.15, -0.1) is 4.40 Å². The number of aliphatic hydroxyl groups is 1. The van der Waals surface area contributed by atoms with Gasteiger partial charge in [-0.2, -0.15) is 43.2 Å². The molecule has 1 atom stereocenters. The summed E-state index contributed by atoms with van der Waals surface area (Å²) in [5.41, 5.74) is -14.6. The van der Waals surface area contributed by atoms with Crippen LogP contribution >= 0.6 is 0 Å². The molecule has 400 valence electrons. The van der Waals surface area contributed by atoms with E-state index < -0.39 is 92.6 Å². The number of pyridine rings is 1. The van der Waals surface area contributed by atoms with Crippen LogP contribution in [0.1, 0.15) is 33.3 Å². The number of halogens is 6. The third kappa shape index (κ3) is 27.6. The normalized spacial score (nSPS) is 13.2. The molecule has 0 fully saturated rings. The minimum absolute atomic E-state index is 0.00463. The van der Waals surface area contributed by atoms with Crippen molar-refractivity contribution in [3.05, 3.63) is 87.2 Å². The van der Waals surface area contributed by atoms with Crippen molar-refractivity contribution >= 4 is 59.4 Å². The fraction of sp³-hybridized carbons (Fsp3) is 0.424. The molecule has 0 spiro atoms. The molecular weight excluding hydrogens is 1040 g/mol. The molecule has 0 aliphatic carbocycles. The van der Waals surface area contributed by atoms with Crippen molar-refractivity contribution in [2.75, 3.05) is 39.8 Å². The number of aromatic hydroxyl groups is 3. The molecule has 4 rings (SSSR count). The highest BCUT2D eigenvalue weighted by atomic mass is 32.2. The summed E-state index contributed by atoms with van der Waals surface area (Å²) in [7, 11) is -7.61. The fourth-order valence-corrected chi connectivity index (χ4v) is 3.82. The van der Waals surface area contributed by atoms with E-state index in [2.05, 4.69) is 24.8 Å². The number of cyclic esters (lactones) is 1. The zero-order valence-electron chi connectivity index (χ0n) is 38.0. The van der Waals surface area contributed by atoms with Gasteiger partial charge in [-0.05, 0) is 20.9 Å². The van der Waals surface area contributed by atoms with E-state index in [1.165, 1.54) is 61.1 Å². The Kier molecular flexibility index (Phi) is 29.5. The van der Waals surface area contributed by atoms with Crippen molar-refractivity contribution in [3.8, 4) is 17.2 Å². The number of nitrogens with zero attached hydrogens (tertiary/aromatic N) is 3. The number of aromatic nitrogens is 1. The summed E-state index contributed by atoms with van der Waals surface area (Å²) >= 11 is 0. The maximum absolute atomic E-state index is 11.8. The summed E-state index contributed by atoms with van der Waals surface area (Å²) in [6, 6.07) is 1.31. The number of ether oxygens (including phenoxy) is 2. The number of hydrogen-bond donors (Lipinski definition) is 9. The highest BCUT2D eigenvalue weighted by molar-refractivity contribution is 7.92. The fourth-order valence-electron chi connectivity index (χ4n) is 2.70. The highest BCUT2D eigenvalue weighted by Gasteiger charge is 2.48. The number of rotatable bonds is 4. The number of hydrogen-bond acceptors (Lipinski definition) is 22. The van der Waals surface area contributed by atoms with Crippen LogP contribution in [0.5, 0.6) is 17.2 Å². The number of carbonyl (C=O) groups excluding carboxylic acids is 3. The van der Waals surface area contributed by atoms with Crippen molar-refractivity contribution in [2.24, 2.45) is 11.4 Å². The Morgan fingerprint density at radius 3 is 1.46 bits per heavy atom. The second-order valence-corrected chi connectivity index (χ2v) is 17.4. The second-order valence-electron chi connectivity index (χ2n) is 12.2. The number of esters is 1. The third-order valence-electron chi connectivity index (χ3n) is 6.42. The van der Waals surface area contributed by atoms with Crippen LogP contribution in [0.4, 0.5) is 32.0 Å². The topological polar surface area (TPSA) is 427 Å². The number of hydroxylamine groups is 2. The van der Waals surface area contributed by atoms with Crippen molar-refractivity contribution in [1.29, 1.82) is 0 Å². The number of sulfonamides is 3. The Bertz CT molecular complexity index is 2820. The van der Waals surface area contributed by atoms with E-state index in [1.54, 1.807) is 24.9 Å². The Hall–Kier alpha value is -7.12. The largest absolute Gasteiger partial charge is 0.518 e. The number of aliphatic hydroxyl groups excluding tert-OH is 1. The molecule has 28 nitrogen and oxygen atoms in total. The number of alkyl halides is 6. The molecule has 1 aliphatic rings. The number of nitrogens with one attached hydrogen (secondary N) is 4. The van der Waals surface area contributed by atoms with Crippen LogP contribution in [0, 0.1) is 6.92 Å². The summed E-state index contributed by atoms with van der Waals surface area (Å²) in [6.07, 6.45) is 4.25. The first kappa shape index (κ1) is 69.5. The van der Waals surface area contributed by atoms with E-state index >= 15 is 0 Å². The molecule has 0 saturated heterocycles. The summed E-state index contributed by atoms with van der Waals surface area (Å²) < 4.78 is 147. The zero-order chi connectivity index (χ0) is 56.7. The molecule has 1 unspecified atom stereocenters. The smallest absolute Gasteiger partial charge is 0.504 e. The molecule has 2 aromatic carbocycles. The van der Waals surface area contributed by atoms with E-state index in [-0.39, 0.29) is 40.0 Å². The molecule has 1 aromatic heterocycles. The van der Waals surface area contributed by atoms with Crippen LogP contribution in [0.3, 0.4) is 0 Å². The zero-order valence-corrected chi connectivity index (χ0v) is 40.4. The average Bonchev–Trinajstić information content (AvgIpc) is 3.21. The molecule has 2 amide bonds. The number of amidine groups is 1. The highest BCUT2D eigenvalue weighted by Crippen LogP contribution is 2.25. The summed E-state index contributed by atoms with van der Waals surface area (Å²) in [6.45, 7) is 5.99. The van der Waals surface area contributed by atoms with Gasteiger partial charge < -0.3 is 45.1 Å². The first-order valence-corrected chi connectivity index (χ1v) is 22.4. The molecule has 2 heterocycles. The predicted octanol–water partition coefficient (Wildman–Crippen LogP) is -1.81. The van der Waals surface area contributed by atoms with Gasteiger partial charge in [0, 0.05) is 73.0 Å². The number of aryl methyl sites for hydroxylation is 1. The van der Waals surface area contributed by atoms with Crippen LogP contribution in [-0.2, 0) is 61.0 Å². The molecule has 70 heavy (non-hydrogen) atoms. The molecule has 3 aromatic rings. The maximum Gasteiger partial charge on any atom is 0.518 e. The molecule has 37 heteroatoms. The lowest BCUT2D eigenvalue weighted by Crippen LogP contribution is -2.40. The number of amides is 2. The van der Waals surface area contributed by atoms with Gasteiger partial charge in [-0.1, -0.05) is 0 Å². The number of anilines is 1. The van der Waals surface area contributed by atoms with Crippen molar-refractivity contribution in [3.63, 3.8) is 0 Å². The first-order chi connectivity index (χ1) is 31.3. The summed E-state index contributed by atoms with van der Waals surface area (Å²) in [5.74, 6) is -3.95. The van der Waals surface area contributed by atoms with Gasteiger partial charge in [0.2, 0.25) is 39.0 Å². The average molecular weight is 1090 g/mol. The van der Waals surface area contributed by atoms with Crippen LogP contribution in [-0.4, -0.2) is 136 Å². The minimum Gasteiger partial charge on any atom is -0.504 e. The van der Waals surface area contributed by atoms with Gasteiger partial charge in [-0.25, -0.2) is 23.0 Å². The lowest BCUT2D eigenvalue weighted by molar-refractivity contribution is -0.177. The van der Waals surface area contributed by atoms with E-state index in [4.69, 9.17) is 25.6 Å². The van der Waals surface area contributed by atoms with Gasteiger partial charge in [0.25, 0.3) is 22.2 Å². The van der Waals surface area contributed by atoms with Gasteiger partial charge in [0.05, 0.1) is 6.26 Å². The SMILES string of the molecule is CC(=NS(=O)(=O)C(F)(F)F)NS(=O)(=O)C(F)(F)F.CC(=O)N(C)O.CC1OC(=O)C=C(O)O1.CNC(C)=O.CNS(C)(=O)=O.CNc1c(O)c(=O)c1=O.Cc1c(O)c(=O)c1=O.Cn1ccc(=O)c(O)c1. The Morgan fingerprint density at radius 2 is 1.23 bits per heavy atom. The summed E-state index contributed by atoms with van der Waals surface area (Å²) in [4.78, 5) is 81.3. The molecular formula is C33H47F6N7O21S3. The number of carbonyl (C=O) groups is 3. The third-order valence-corrected chi connectivity index (χ3v) is 9.43. The lowest BCUT2D eigenvalue weighted by atomic mass is 10.1. The quantitative estimate of drug-likeness (QED) is 0.0264. The van der Waals surface area contributed by atoms with Crippen molar-refractivity contribution in [1.82, 2.24) is 24.4 Å². The second kappa shape index (κ2) is 29.7. The lowest BCUT2D eigenvalue weighted by Gasteiger charge is -2.16. The monoisotopic (exact) mass is 1090 g/mol. The van der Waals surface area contributed by atoms with Gasteiger partial charge >= 0.3 is 37.0 Å².